The van der Waals surface area contributed by atoms with Gasteiger partial charge < -0.3 is 9.84 Å². The van der Waals surface area contributed by atoms with Crippen LogP contribution in [0.15, 0.2) is 67.5 Å². The summed E-state index contributed by atoms with van der Waals surface area (Å²) >= 11 is 5.64. The van der Waals surface area contributed by atoms with Crippen LogP contribution in [0.4, 0.5) is 8.78 Å². The van der Waals surface area contributed by atoms with Gasteiger partial charge in [0.2, 0.25) is 0 Å². The molecular formula is C24H24F2N6O3S. The lowest BCUT2D eigenvalue weighted by atomic mass is 9.86. The van der Waals surface area contributed by atoms with Crippen LogP contribution in [0.5, 0.6) is 0 Å². The highest BCUT2D eigenvalue weighted by Gasteiger charge is 2.41. The highest BCUT2D eigenvalue weighted by molar-refractivity contribution is 7.71. The predicted molar refractivity (Wildman–Crippen MR) is 127 cm³/mol. The van der Waals surface area contributed by atoms with Crippen molar-refractivity contribution in [1.29, 1.82) is 0 Å². The van der Waals surface area contributed by atoms with Gasteiger partial charge in [-0.2, -0.15) is 10.2 Å². The minimum absolute atomic E-state index is 0.105. The van der Waals surface area contributed by atoms with Crippen LogP contribution in [0, 0.1) is 16.4 Å². The van der Waals surface area contributed by atoms with Crippen molar-refractivity contribution in [2.75, 3.05) is 7.11 Å². The molecule has 2 aromatic carbocycles. The first-order valence-electron chi connectivity index (χ1n) is 11.0. The molecule has 0 amide bonds. The number of esters is 1. The van der Waals surface area contributed by atoms with E-state index in [1.165, 1.54) is 46.1 Å². The van der Waals surface area contributed by atoms with Crippen LogP contribution in [-0.2, 0) is 28.1 Å². The van der Waals surface area contributed by atoms with E-state index in [-0.39, 0.29) is 23.3 Å². The van der Waals surface area contributed by atoms with Gasteiger partial charge in [-0.15, -0.1) is 0 Å². The van der Waals surface area contributed by atoms with E-state index in [1.807, 2.05) is 30.3 Å². The molecule has 0 aliphatic rings. The van der Waals surface area contributed by atoms with Crippen LogP contribution in [0.1, 0.15) is 30.1 Å². The zero-order chi connectivity index (χ0) is 25.9. The molecule has 0 saturated heterocycles. The number of aliphatic hydroxyl groups is 1. The summed E-state index contributed by atoms with van der Waals surface area (Å²) in [5.74, 6) is -2.24. The summed E-state index contributed by atoms with van der Waals surface area (Å²) in [7, 11) is 1.28. The molecule has 0 bridgehead atoms. The molecule has 188 valence electrons. The third-order valence-corrected chi connectivity index (χ3v) is 6.52. The van der Waals surface area contributed by atoms with E-state index in [4.69, 9.17) is 17.0 Å². The van der Waals surface area contributed by atoms with Crippen molar-refractivity contribution in [1.82, 2.24) is 29.1 Å². The highest BCUT2D eigenvalue weighted by Crippen LogP contribution is 2.37. The first-order chi connectivity index (χ1) is 17.2. The SMILES string of the molecule is COC(=O)[C@H](Cc1ccccc1)n1cnn([C@H](C)[C@](O)(Cn2cncn2)c2ccc(F)cc2F)c1=S. The van der Waals surface area contributed by atoms with Crippen LogP contribution in [0.3, 0.4) is 0 Å². The molecule has 0 aliphatic heterocycles. The molecule has 2 heterocycles. The normalized spacial score (nSPS) is 14.7. The third kappa shape index (κ3) is 4.95. The number of carbonyl (C=O) groups excluding carboxylic acids is 1. The fourth-order valence-corrected chi connectivity index (χ4v) is 4.50. The van der Waals surface area contributed by atoms with Crippen LogP contribution in [0.2, 0.25) is 0 Å². The molecule has 12 heteroatoms. The Morgan fingerprint density at radius 1 is 1.17 bits per heavy atom. The highest BCUT2D eigenvalue weighted by atomic mass is 32.1. The Labute approximate surface area is 210 Å². The van der Waals surface area contributed by atoms with Crippen LogP contribution in [0.25, 0.3) is 0 Å². The molecule has 9 nitrogen and oxygen atoms in total. The van der Waals surface area contributed by atoms with Gasteiger partial charge in [-0.1, -0.05) is 36.4 Å². The lowest BCUT2D eigenvalue weighted by Crippen LogP contribution is -2.41. The molecule has 0 radical (unpaired) electrons. The Kier molecular flexibility index (Phi) is 7.36. The van der Waals surface area contributed by atoms with Gasteiger partial charge in [-0.05, 0) is 30.8 Å². The number of hydrogen-bond acceptors (Lipinski definition) is 7. The van der Waals surface area contributed by atoms with Crippen molar-refractivity contribution >= 4 is 18.2 Å². The van der Waals surface area contributed by atoms with Gasteiger partial charge in [0.05, 0.1) is 19.7 Å². The number of hydrogen-bond donors (Lipinski definition) is 1. The average Bonchev–Trinajstić information content (AvgIpc) is 3.51. The maximum absolute atomic E-state index is 14.9. The number of halogens is 2. The van der Waals surface area contributed by atoms with E-state index < -0.39 is 35.3 Å². The summed E-state index contributed by atoms with van der Waals surface area (Å²) in [6.45, 7) is 1.37. The Morgan fingerprint density at radius 3 is 2.56 bits per heavy atom. The Morgan fingerprint density at radius 2 is 1.92 bits per heavy atom. The van der Waals surface area contributed by atoms with Crippen LogP contribution < -0.4 is 0 Å². The van der Waals surface area contributed by atoms with Gasteiger partial charge in [-0.25, -0.2) is 27.9 Å². The van der Waals surface area contributed by atoms with Gasteiger partial charge in [0.1, 0.15) is 42.3 Å². The molecule has 0 saturated carbocycles. The Hall–Kier alpha value is -3.77. The zero-order valence-electron chi connectivity index (χ0n) is 19.5. The van der Waals surface area contributed by atoms with E-state index >= 15 is 0 Å². The van der Waals surface area contributed by atoms with Crippen molar-refractivity contribution in [3.63, 3.8) is 0 Å². The van der Waals surface area contributed by atoms with Crippen molar-refractivity contribution in [2.45, 2.75) is 37.6 Å². The summed E-state index contributed by atoms with van der Waals surface area (Å²) in [5, 5.41) is 20.2. The van der Waals surface area contributed by atoms with Crippen LogP contribution >= 0.6 is 12.2 Å². The topological polar surface area (TPSA) is 100.0 Å². The summed E-state index contributed by atoms with van der Waals surface area (Å²) < 4.78 is 37.8. The predicted octanol–water partition coefficient (Wildman–Crippen LogP) is 3.39. The first-order valence-corrected chi connectivity index (χ1v) is 11.4. The van der Waals surface area contributed by atoms with Crippen molar-refractivity contribution < 1.29 is 23.4 Å². The van der Waals surface area contributed by atoms with E-state index in [2.05, 4.69) is 15.2 Å². The fraction of sp³-hybridized carbons (Fsp3) is 0.292. The maximum atomic E-state index is 14.9. The molecule has 1 N–H and O–H groups in total. The molecule has 3 atom stereocenters. The number of carbonyl (C=O) groups is 1. The maximum Gasteiger partial charge on any atom is 0.329 e. The molecule has 0 aliphatic carbocycles. The Bertz CT molecular complexity index is 1390. The molecule has 2 aromatic heterocycles. The number of aromatic nitrogens is 6. The van der Waals surface area contributed by atoms with E-state index in [1.54, 1.807) is 6.92 Å². The van der Waals surface area contributed by atoms with E-state index in [9.17, 15) is 18.7 Å². The van der Waals surface area contributed by atoms with Gasteiger partial charge in [0, 0.05) is 18.1 Å². The second-order valence-corrected chi connectivity index (χ2v) is 8.68. The van der Waals surface area contributed by atoms with E-state index in [0.29, 0.717) is 6.07 Å². The molecule has 0 spiro atoms. The molecule has 4 rings (SSSR count). The van der Waals surface area contributed by atoms with Gasteiger partial charge in [0.15, 0.2) is 4.77 Å². The Balaban J connectivity index is 1.77. The molecular weight excluding hydrogens is 490 g/mol. The van der Waals surface area contributed by atoms with Gasteiger partial charge in [-0.3, -0.25) is 4.57 Å². The number of rotatable bonds is 9. The second-order valence-electron chi connectivity index (χ2n) is 8.31. The minimum atomic E-state index is -1.97. The standard InChI is InChI=1S/C24H24F2N6O3S/c1-16(24(34,12-30-14-27-13-28-30)19-9-8-18(25)11-20(19)26)32-23(36)31(15-29-32)21(22(33)35-2)10-17-6-4-3-5-7-17/h3-9,11,13-16,21,34H,10,12H2,1-2H3/t16-,21+,24-/m1/s1. The minimum Gasteiger partial charge on any atom is -0.467 e. The average molecular weight is 515 g/mol. The fourth-order valence-electron chi connectivity index (χ4n) is 4.12. The number of methoxy groups -OCH3 is 1. The van der Waals surface area contributed by atoms with Crippen molar-refractivity contribution in [3.8, 4) is 0 Å². The number of benzene rings is 2. The first kappa shape index (κ1) is 25.3. The molecule has 36 heavy (non-hydrogen) atoms. The smallest absolute Gasteiger partial charge is 0.329 e. The van der Waals surface area contributed by atoms with Crippen molar-refractivity contribution in [2.24, 2.45) is 0 Å². The quantitative estimate of drug-likeness (QED) is 0.270. The summed E-state index contributed by atoms with van der Waals surface area (Å²) in [6, 6.07) is 10.5. The van der Waals surface area contributed by atoms with E-state index in [0.717, 1.165) is 11.6 Å². The van der Waals surface area contributed by atoms with Crippen molar-refractivity contribution in [3.05, 3.63) is 95.0 Å². The third-order valence-electron chi connectivity index (χ3n) is 6.12. The lowest BCUT2D eigenvalue weighted by Gasteiger charge is -2.34. The molecule has 0 fully saturated rings. The summed E-state index contributed by atoms with van der Waals surface area (Å²) in [4.78, 5) is 16.5. The zero-order valence-corrected chi connectivity index (χ0v) is 20.3. The summed E-state index contributed by atoms with van der Waals surface area (Å²) in [6.07, 6.45) is 4.30. The number of nitrogens with zero attached hydrogens (tertiary/aromatic N) is 6. The van der Waals surface area contributed by atoms with Crippen LogP contribution in [-0.4, -0.2) is 47.3 Å². The summed E-state index contributed by atoms with van der Waals surface area (Å²) in [5.41, 5.74) is -1.26. The van der Waals surface area contributed by atoms with Gasteiger partial charge >= 0.3 is 5.97 Å². The number of ether oxygens (including phenoxy) is 1. The second kappa shape index (κ2) is 10.5. The molecule has 4 aromatic rings. The largest absolute Gasteiger partial charge is 0.467 e. The lowest BCUT2D eigenvalue weighted by molar-refractivity contribution is -0.144. The monoisotopic (exact) mass is 514 g/mol. The van der Waals surface area contributed by atoms with Gasteiger partial charge in [0.25, 0.3) is 0 Å². The molecule has 0 unspecified atom stereocenters.